The van der Waals surface area contributed by atoms with Gasteiger partial charge in [-0.15, -0.1) is 0 Å². The Bertz CT molecular complexity index is 439. The van der Waals surface area contributed by atoms with Gasteiger partial charge in [0.05, 0.1) is 19.8 Å². The molecular formula is C13H15BrO3. The van der Waals surface area contributed by atoms with E-state index in [-0.39, 0.29) is 5.78 Å². The van der Waals surface area contributed by atoms with E-state index in [1.165, 1.54) is 12.8 Å². The molecular weight excluding hydrogens is 284 g/mol. The lowest BCUT2D eigenvalue weighted by molar-refractivity contribution is 0.0973. The topological polar surface area (TPSA) is 35.5 Å². The summed E-state index contributed by atoms with van der Waals surface area (Å²) in [6.07, 6.45) is 2.96. The lowest BCUT2D eigenvalue weighted by Gasteiger charge is -2.12. The highest BCUT2D eigenvalue weighted by atomic mass is 79.9. The molecule has 0 radical (unpaired) electrons. The smallest absolute Gasteiger partial charge is 0.166 e. The fourth-order valence-electron chi connectivity index (χ4n) is 1.81. The number of ketones is 1. The van der Waals surface area contributed by atoms with Crippen LogP contribution in [-0.4, -0.2) is 20.0 Å². The van der Waals surface area contributed by atoms with Gasteiger partial charge in [0.2, 0.25) is 0 Å². The molecule has 1 aliphatic rings. The second-order valence-corrected chi connectivity index (χ2v) is 5.03. The van der Waals surface area contributed by atoms with Gasteiger partial charge in [-0.2, -0.15) is 0 Å². The minimum Gasteiger partial charge on any atom is -0.495 e. The normalized spacial score (nSPS) is 14.5. The number of Topliss-reactive ketones (excluding diaryl/α,β-unsaturated/α-hetero) is 1. The van der Waals surface area contributed by atoms with Crippen LogP contribution in [0.5, 0.6) is 11.5 Å². The van der Waals surface area contributed by atoms with Gasteiger partial charge in [-0.3, -0.25) is 4.79 Å². The second-order valence-electron chi connectivity index (χ2n) is 4.23. The van der Waals surface area contributed by atoms with Crippen molar-refractivity contribution in [3.63, 3.8) is 0 Å². The second kappa shape index (κ2) is 5.08. The summed E-state index contributed by atoms with van der Waals surface area (Å²) in [5.41, 5.74) is 0.632. The van der Waals surface area contributed by atoms with Gasteiger partial charge >= 0.3 is 0 Å². The Hall–Kier alpha value is -1.03. The van der Waals surface area contributed by atoms with Crippen molar-refractivity contribution >= 4 is 21.7 Å². The first-order valence-electron chi connectivity index (χ1n) is 5.61. The highest BCUT2D eigenvalue weighted by Crippen LogP contribution is 2.40. The average molecular weight is 299 g/mol. The number of benzene rings is 1. The third-order valence-electron chi connectivity index (χ3n) is 2.96. The number of halogens is 1. The van der Waals surface area contributed by atoms with E-state index in [4.69, 9.17) is 9.47 Å². The molecule has 3 nitrogen and oxygen atoms in total. The van der Waals surface area contributed by atoms with Crippen molar-refractivity contribution in [3.8, 4) is 11.5 Å². The van der Waals surface area contributed by atoms with Crippen molar-refractivity contribution in [3.05, 3.63) is 22.2 Å². The molecule has 0 atom stereocenters. The molecule has 0 saturated heterocycles. The molecule has 0 aliphatic heterocycles. The fraction of sp³-hybridized carbons (Fsp3) is 0.462. The van der Waals surface area contributed by atoms with Crippen molar-refractivity contribution in [2.24, 2.45) is 5.92 Å². The standard InChI is InChI=1S/C13H15BrO3/c1-16-11-6-5-9(13(17-2)12(11)14)10(15)7-8-3-4-8/h5-6,8H,3-4,7H2,1-2H3. The van der Waals surface area contributed by atoms with Crippen molar-refractivity contribution in [1.82, 2.24) is 0 Å². The third kappa shape index (κ3) is 2.63. The van der Waals surface area contributed by atoms with Crippen LogP contribution in [0, 0.1) is 5.92 Å². The molecule has 0 unspecified atom stereocenters. The molecule has 0 spiro atoms. The first-order chi connectivity index (χ1) is 8.17. The summed E-state index contributed by atoms with van der Waals surface area (Å²) >= 11 is 3.40. The summed E-state index contributed by atoms with van der Waals surface area (Å²) in [5, 5.41) is 0. The molecule has 0 aromatic heterocycles. The van der Waals surface area contributed by atoms with Gasteiger partial charge in [-0.25, -0.2) is 0 Å². The van der Waals surface area contributed by atoms with Gasteiger partial charge in [0.1, 0.15) is 16.0 Å². The molecule has 4 heteroatoms. The van der Waals surface area contributed by atoms with E-state index in [1.807, 2.05) is 0 Å². The van der Waals surface area contributed by atoms with Crippen LogP contribution in [0.1, 0.15) is 29.6 Å². The molecule has 0 N–H and O–H groups in total. The average Bonchev–Trinajstić information content (AvgIpc) is 3.12. The lowest BCUT2D eigenvalue weighted by Crippen LogP contribution is -2.04. The molecule has 0 amide bonds. The first kappa shape index (κ1) is 12.4. The molecule has 17 heavy (non-hydrogen) atoms. The zero-order valence-corrected chi connectivity index (χ0v) is 11.5. The molecule has 2 rings (SSSR count). The largest absolute Gasteiger partial charge is 0.495 e. The summed E-state index contributed by atoms with van der Waals surface area (Å²) in [4.78, 5) is 12.1. The monoisotopic (exact) mass is 298 g/mol. The van der Waals surface area contributed by atoms with Crippen LogP contribution in [-0.2, 0) is 0 Å². The molecule has 0 heterocycles. The van der Waals surface area contributed by atoms with Gasteiger partial charge < -0.3 is 9.47 Å². The Kier molecular flexibility index (Phi) is 3.72. The molecule has 1 fully saturated rings. The van der Waals surface area contributed by atoms with Crippen LogP contribution in [0.4, 0.5) is 0 Å². The number of carbonyl (C=O) groups is 1. The highest BCUT2D eigenvalue weighted by Gasteiger charge is 2.27. The molecule has 1 aromatic rings. The van der Waals surface area contributed by atoms with Crippen molar-refractivity contribution in [2.75, 3.05) is 14.2 Å². The summed E-state index contributed by atoms with van der Waals surface area (Å²) in [5.74, 6) is 1.96. The van der Waals surface area contributed by atoms with Crippen LogP contribution in [0.15, 0.2) is 16.6 Å². The predicted octanol–water partition coefficient (Wildman–Crippen LogP) is 3.45. The van der Waals surface area contributed by atoms with Crippen LogP contribution in [0.3, 0.4) is 0 Å². The lowest BCUT2D eigenvalue weighted by atomic mass is 10.0. The molecule has 1 aliphatic carbocycles. The van der Waals surface area contributed by atoms with Crippen molar-refractivity contribution in [2.45, 2.75) is 19.3 Å². The Morgan fingerprint density at radius 2 is 2.06 bits per heavy atom. The zero-order valence-electron chi connectivity index (χ0n) is 9.96. The van der Waals surface area contributed by atoms with Crippen molar-refractivity contribution < 1.29 is 14.3 Å². The Morgan fingerprint density at radius 1 is 1.35 bits per heavy atom. The molecule has 92 valence electrons. The summed E-state index contributed by atoms with van der Waals surface area (Å²) in [6, 6.07) is 3.56. The maximum Gasteiger partial charge on any atom is 0.166 e. The number of hydrogen-bond donors (Lipinski definition) is 0. The van der Waals surface area contributed by atoms with Crippen LogP contribution < -0.4 is 9.47 Å². The van der Waals surface area contributed by atoms with Gasteiger partial charge in [0.25, 0.3) is 0 Å². The van der Waals surface area contributed by atoms with E-state index in [1.54, 1.807) is 26.4 Å². The van der Waals surface area contributed by atoms with Gasteiger partial charge in [-0.05, 0) is 46.8 Å². The molecule has 1 saturated carbocycles. The van der Waals surface area contributed by atoms with E-state index < -0.39 is 0 Å². The van der Waals surface area contributed by atoms with E-state index in [9.17, 15) is 4.79 Å². The summed E-state index contributed by atoms with van der Waals surface area (Å²) < 4.78 is 11.2. The summed E-state index contributed by atoms with van der Waals surface area (Å²) in [7, 11) is 3.15. The van der Waals surface area contributed by atoms with Gasteiger partial charge in [0, 0.05) is 6.42 Å². The zero-order chi connectivity index (χ0) is 12.4. The number of rotatable bonds is 5. The minimum absolute atomic E-state index is 0.146. The fourth-order valence-corrected chi connectivity index (χ4v) is 2.48. The highest BCUT2D eigenvalue weighted by molar-refractivity contribution is 9.10. The number of ether oxygens (including phenoxy) is 2. The predicted molar refractivity (Wildman–Crippen MR) is 68.9 cm³/mol. The molecule has 1 aromatic carbocycles. The number of carbonyl (C=O) groups excluding carboxylic acids is 1. The maximum absolute atomic E-state index is 12.1. The van der Waals surface area contributed by atoms with Gasteiger partial charge in [0.15, 0.2) is 5.78 Å². The van der Waals surface area contributed by atoms with Crippen molar-refractivity contribution in [1.29, 1.82) is 0 Å². The molecule has 0 bridgehead atoms. The third-order valence-corrected chi connectivity index (χ3v) is 3.71. The quantitative estimate of drug-likeness (QED) is 0.781. The van der Waals surface area contributed by atoms with Crippen LogP contribution >= 0.6 is 15.9 Å². The SMILES string of the molecule is COc1ccc(C(=O)CC2CC2)c(OC)c1Br. The van der Waals surface area contributed by atoms with E-state index in [0.29, 0.717) is 33.9 Å². The summed E-state index contributed by atoms with van der Waals surface area (Å²) in [6.45, 7) is 0. The Labute approximate surface area is 109 Å². The van der Waals surface area contributed by atoms with E-state index in [0.717, 1.165) is 0 Å². The minimum atomic E-state index is 0.146. The maximum atomic E-state index is 12.1. The van der Waals surface area contributed by atoms with E-state index in [2.05, 4.69) is 15.9 Å². The number of methoxy groups -OCH3 is 2. The number of hydrogen-bond acceptors (Lipinski definition) is 3. The van der Waals surface area contributed by atoms with Crippen LogP contribution in [0.2, 0.25) is 0 Å². The van der Waals surface area contributed by atoms with E-state index >= 15 is 0 Å². The van der Waals surface area contributed by atoms with Gasteiger partial charge in [-0.1, -0.05) is 0 Å². The Balaban J connectivity index is 2.31. The first-order valence-corrected chi connectivity index (χ1v) is 6.40. The van der Waals surface area contributed by atoms with Crippen LogP contribution in [0.25, 0.3) is 0 Å². The Morgan fingerprint density at radius 3 is 2.59 bits per heavy atom.